The van der Waals surface area contributed by atoms with E-state index in [4.69, 9.17) is 18.9 Å². The summed E-state index contributed by atoms with van der Waals surface area (Å²) in [6.45, 7) is 9.41. The first kappa shape index (κ1) is 20.4. The summed E-state index contributed by atoms with van der Waals surface area (Å²) < 4.78 is 22.6. The maximum Gasteiger partial charge on any atom is 0.256 e. The molecule has 0 fully saturated rings. The van der Waals surface area contributed by atoms with Crippen molar-refractivity contribution in [3.05, 3.63) is 42.0 Å². The van der Waals surface area contributed by atoms with E-state index in [1.807, 2.05) is 45.9 Å². The van der Waals surface area contributed by atoms with Gasteiger partial charge in [0.25, 0.3) is 5.91 Å². The van der Waals surface area contributed by atoms with Crippen LogP contribution in [0.2, 0.25) is 0 Å². The summed E-state index contributed by atoms with van der Waals surface area (Å²) >= 11 is 0. The van der Waals surface area contributed by atoms with Crippen LogP contribution in [0.3, 0.4) is 0 Å². The molecule has 0 aliphatic carbocycles. The Bertz CT molecular complexity index is 733. The third-order valence-corrected chi connectivity index (χ3v) is 3.61. The Morgan fingerprint density at radius 3 is 1.85 bits per heavy atom. The van der Waals surface area contributed by atoms with Gasteiger partial charge >= 0.3 is 0 Å². The van der Waals surface area contributed by atoms with Crippen LogP contribution in [-0.2, 0) is 0 Å². The van der Waals surface area contributed by atoms with Crippen LogP contribution in [-0.4, -0.2) is 32.3 Å². The van der Waals surface area contributed by atoms with E-state index in [9.17, 15) is 4.79 Å². The minimum absolute atomic E-state index is 0.285. The van der Waals surface area contributed by atoms with Crippen LogP contribution in [0.5, 0.6) is 23.0 Å². The Morgan fingerprint density at radius 2 is 1.30 bits per heavy atom. The summed E-state index contributed by atoms with van der Waals surface area (Å²) in [6.07, 6.45) is 0. The number of hydrogen-bond acceptors (Lipinski definition) is 5. The largest absolute Gasteiger partial charge is 0.492 e. The van der Waals surface area contributed by atoms with E-state index in [-0.39, 0.29) is 5.91 Å². The molecule has 1 N–H and O–H groups in total. The number of amides is 1. The van der Waals surface area contributed by atoms with Crippen molar-refractivity contribution in [2.75, 3.05) is 31.7 Å². The van der Waals surface area contributed by atoms with E-state index in [2.05, 4.69) is 5.32 Å². The SMILES string of the molecule is CCOc1ccccc1NC(=O)c1cc(OCC)c(OCC)c(OCC)c1. The Labute approximate surface area is 160 Å². The zero-order chi connectivity index (χ0) is 19.6. The molecule has 6 nitrogen and oxygen atoms in total. The van der Waals surface area contributed by atoms with Gasteiger partial charge in [0.1, 0.15) is 5.75 Å². The van der Waals surface area contributed by atoms with Gasteiger partial charge < -0.3 is 24.3 Å². The Hall–Kier alpha value is -2.89. The van der Waals surface area contributed by atoms with Gasteiger partial charge in [0, 0.05) is 5.56 Å². The number of rotatable bonds is 10. The van der Waals surface area contributed by atoms with E-state index in [0.717, 1.165) is 0 Å². The van der Waals surface area contributed by atoms with Crippen molar-refractivity contribution in [2.24, 2.45) is 0 Å². The van der Waals surface area contributed by atoms with Crippen molar-refractivity contribution >= 4 is 11.6 Å². The average molecular weight is 373 g/mol. The van der Waals surface area contributed by atoms with Crippen molar-refractivity contribution in [3.63, 3.8) is 0 Å². The standard InChI is InChI=1S/C21H27NO5/c1-5-24-17-12-10-9-11-16(17)22-21(23)15-13-18(25-6-2)20(27-8-4)19(14-15)26-7-3/h9-14H,5-8H2,1-4H3,(H,22,23). The predicted octanol–water partition coefficient (Wildman–Crippen LogP) is 4.53. The summed E-state index contributed by atoms with van der Waals surface area (Å²) in [6, 6.07) is 10.6. The highest BCUT2D eigenvalue weighted by molar-refractivity contribution is 6.05. The summed E-state index contributed by atoms with van der Waals surface area (Å²) in [5, 5.41) is 2.89. The highest BCUT2D eigenvalue weighted by Gasteiger charge is 2.19. The first-order valence-electron chi connectivity index (χ1n) is 9.24. The van der Waals surface area contributed by atoms with Gasteiger partial charge in [-0.25, -0.2) is 0 Å². The van der Waals surface area contributed by atoms with Gasteiger partial charge in [-0.2, -0.15) is 0 Å². The Morgan fingerprint density at radius 1 is 0.778 bits per heavy atom. The molecule has 1 amide bonds. The number of hydrogen-bond donors (Lipinski definition) is 1. The molecule has 0 radical (unpaired) electrons. The maximum absolute atomic E-state index is 12.8. The van der Waals surface area contributed by atoms with Gasteiger partial charge in [0.05, 0.1) is 32.1 Å². The Balaban J connectivity index is 2.37. The fourth-order valence-electron chi connectivity index (χ4n) is 2.57. The third-order valence-electron chi connectivity index (χ3n) is 3.61. The van der Waals surface area contributed by atoms with E-state index in [0.29, 0.717) is 60.7 Å². The van der Waals surface area contributed by atoms with Crippen LogP contribution in [0.15, 0.2) is 36.4 Å². The molecule has 0 unspecified atom stereocenters. The summed E-state index contributed by atoms with van der Waals surface area (Å²) in [5.41, 5.74) is 1.02. The topological polar surface area (TPSA) is 66.0 Å². The smallest absolute Gasteiger partial charge is 0.256 e. The quantitative estimate of drug-likeness (QED) is 0.663. The molecule has 0 saturated carbocycles. The van der Waals surface area contributed by atoms with E-state index in [1.165, 1.54) is 0 Å². The van der Waals surface area contributed by atoms with Crippen LogP contribution in [0.25, 0.3) is 0 Å². The third kappa shape index (κ3) is 5.29. The molecule has 0 aliphatic rings. The number of benzene rings is 2. The Kier molecular flexibility index (Phi) is 7.79. The molecule has 146 valence electrons. The zero-order valence-electron chi connectivity index (χ0n) is 16.3. The van der Waals surface area contributed by atoms with Gasteiger partial charge in [-0.1, -0.05) is 12.1 Å². The maximum atomic E-state index is 12.8. The molecule has 0 saturated heterocycles. The molecular weight excluding hydrogens is 346 g/mol. The molecule has 0 spiro atoms. The van der Waals surface area contributed by atoms with Gasteiger partial charge in [-0.3, -0.25) is 4.79 Å². The second-order valence-electron chi connectivity index (χ2n) is 5.48. The number of carbonyl (C=O) groups excluding carboxylic acids is 1. The lowest BCUT2D eigenvalue weighted by atomic mass is 10.1. The number of carbonyl (C=O) groups is 1. The van der Waals surface area contributed by atoms with Crippen molar-refractivity contribution in [3.8, 4) is 23.0 Å². The van der Waals surface area contributed by atoms with Gasteiger partial charge in [0.15, 0.2) is 11.5 Å². The van der Waals surface area contributed by atoms with Gasteiger partial charge in [-0.15, -0.1) is 0 Å². The molecular formula is C21H27NO5. The highest BCUT2D eigenvalue weighted by atomic mass is 16.5. The average Bonchev–Trinajstić information content (AvgIpc) is 2.66. The number of para-hydroxylation sites is 2. The van der Waals surface area contributed by atoms with Crippen LogP contribution in [0.1, 0.15) is 38.1 Å². The normalized spacial score (nSPS) is 10.2. The van der Waals surface area contributed by atoms with Crippen molar-refractivity contribution in [1.29, 1.82) is 0 Å². The van der Waals surface area contributed by atoms with Gasteiger partial charge in [0.2, 0.25) is 5.75 Å². The molecule has 6 heteroatoms. The van der Waals surface area contributed by atoms with Crippen molar-refractivity contribution in [1.82, 2.24) is 0 Å². The van der Waals surface area contributed by atoms with Crippen molar-refractivity contribution in [2.45, 2.75) is 27.7 Å². The number of nitrogens with one attached hydrogen (secondary N) is 1. The molecule has 0 heterocycles. The van der Waals surface area contributed by atoms with Gasteiger partial charge in [-0.05, 0) is 52.0 Å². The minimum Gasteiger partial charge on any atom is -0.492 e. The molecule has 2 rings (SSSR count). The van der Waals surface area contributed by atoms with E-state index < -0.39 is 0 Å². The highest BCUT2D eigenvalue weighted by Crippen LogP contribution is 2.39. The lowest BCUT2D eigenvalue weighted by molar-refractivity contribution is 0.102. The number of ether oxygens (including phenoxy) is 4. The van der Waals surface area contributed by atoms with Crippen LogP contribution < -0.4 is 24.3 Å². The lowest BCUT2D eigenvalue weighted by Gasteiger charge is -2.17. The second kappa shape index (κ2) is 10.3. The molecule has 0 aromatic heterocycles. The molecule has 0 aliphatic heterocycles. The van der Waals surface area contributed by atoms with Crippen LogP contribution >= 0.6 is 0 Å². The lowest BCUT2D eigenvalue weighted by Crippen LogP contribution is -2.14. The monoisotopic (exact) mass is 373 g/mol. The fourth-order valence-corrected chi connectivity index (χ4v) is 2.57. The summed E-state index contributed by atoms with van der Waals surface area (Å²) in [5.74, 6) is 1.80. The second-order valence-corrected chi connectivity index (χ2v) is 5.48. The molecule has 0 bridgehead atoms. The molecule has 27 heavy (non-hydrogen) atoms. The molecule has 2 aromatic carbocycles. The predicted molar refractivity (Wildman–Crippen MR) is 106 cm³/mol. The fraction of sp³-hybridized carbons (Fsp3) is 0.381. The first-order valence-corrected chi connectivity index (χ1v) is 9.24. The van der Waals surface area contributed by atoms with E-state index >= 15 is 0 Å². The summed E-state index contributed by atoms with van der Waals surface area (Å²) in [7, 11) is 0. The van der Waals surface area contributed by atoms with Crippen LogP contribution in [0.4, 0.5) is 5.69 Å². The first-order chi connectivity index (χ1) is 13.1. The van der Waals surface area contributed by atoms with E-state index in [1.54, 1.807) is 18.2 Å². The number of anilines is 1. The summed E-state index contributed by atoms with van der Waals surface area (Å²) in [4.78, 5) is 12.8. The zero-order valence-corrected chi connectivity index (χ0v) is 16.3. The van der Waals surface area contributed by atoms with Crippen molar-refractivity contribution < 1.29 is 23.7 Å². The molecule has 0 atom stereocenters. The van der Waals surface area contributed by atoms with Crippen LogP contribution in [0, 0.1) is 0 Å². The minimum atomic E-state index is -0.285. The molecule has 2 aromatic rings.